The molecule has 1 heterocycles. The van der Waals surface area contributed by atoms with Gasteiger partial charge >= 0.3 is 6.18 Å². The highest BCUT2D eigenvalue weighted by Gasteiger charge is 2.35. The molecule has 0 aliphatic rings. The van der Waals surface area contributed by atoms with Gasteiger partial charge in [-0.25, -0.2) is 4.98 Å². The molecule has 0 aromatic carbocycles. The zero-order valence-corrected chi connectivity index (χ0v) is 11.8. The standard InChI is InChI=1S/C13H18F3N3O2/c1-8(2)10(17)11(20)18-6-7-21-12-9(13(14,15)16)4-3-5-19-12/h3-5,8,10H,6-7,17H2,1-2H3,(H,18,20)/t10-/m0/s1. The largest absolute Gasteiger partial charge is 0.475 e. The number of hydrogen-bond donors (Lipinski definition) is 2. The maximum absolute atomic E-state index is 12.7. The predicted molar refractivity (Wildman–Crippen MR) is 70.6 cm³/mol. The molecule has 1 amide bonds. The Morgan fingerprint density at radius 2 is 2.14 bits per heavy atom. The minimum absolute atomic E-state index is 0.0291. The Morgan fingerprint density at radius 3 is 2.71 bits per heavy atom. The van der Waals surface area contributed by atoms with Crippen molar-refractivity contribution in [1.82, 2.24) is 10.3 Å². The number of hydrogen-bond acceptors (Lipinski definition) is 4. The number of halogens is 3. The minimum Gasteiger partial charge on any atom is -0.475 e. The molecule has 0 spiro atoms. The maximum Gasteiger partial charge on any atom is 0.421 e. The summed E-state index contributed by atoms with van der Waals surface area (Å²) in [6.07, 6.45) is -3.33. The van der Waals surface area contributed by atoms with Crippen molar-refractivity contribution in [3.05, 3.63) is 23.9 Å². The van der Waals surface area contributed by atoms with Crippen LogP contribution in [0.4, 0.5) is 13.2 Å². The monoisotopic (exact) mass is 305 g/mol. The quantitative estimate of drug-likeness (QED) is 0.782. The molecule has 21 heavy (non-hydrogen) atoms. The first kappa shape index (κ1) is 17.2. The van der Waals surface area contributed by atoms with Crippen LogP contribution in [0, 0.1) is 5.92 Å². The van der Waals surface area contributed by atoms with E-state index in [0.717, 1.165) is 6.07 Å². The summed E-state index contributed by atoms with van der Waals surface area (Å²) in [4.78, 5) is 15.1. The van der Waals surface area contributed by atoms with E-state index in [-0.39, 0.29) is 25.0 Å². The summed E-state index contributed by atoms with van der Waals surface area (Å²) in [6, 6.07) is 1.40. The number of aromatic nitrogens is 1. The van der Waals surface area contributed by atoms with Gasteiger partial charge in [0.15, 0.2) is 0 Å². The molecule has 0 aliphatic heterocycles. The van der Waals surface area contributed by atoms with Gasteiger partial charge in [-0.05, 0) is 18.1 Å². The molecule has 1 atom stereocenters. The first-order valence-electron chi connectivity index (χ1n) is 6.41. The van der Waals surface area contributed by atoms with Gasteiger partial charge in [-0.3, -0.25) is 4.79 Å². The van der Waals surface area contributed by atoms with Gasteiger partial charge < -0.3 is 15.8 Å². The fourth-order valence-electron chi connectivity index (χ4n) is 1.46. The highest BCUT2D eigenvalue weighted by atomic mass is 19.4. The lowest BCUT2D eigenvalue weighted by atomic mass is 10.1. The average Bonchev–Trinajstić information content (AvgIpc) is 2.41. The molecule has 8 heteroatoms. The van der Waals surface area contributed by atoms with Crippen LogP contribution in [0.2, 0.25) is 0 Å². The fourth-order valence-corrected chi connectivity index (χ4v) is 1.46. The Labute approximate surface area is 120 Å². The van der Waals surface area contributed by atoms with E-state index in [1.54, 1.807) is 13.8 Å². The number of carbonyl (C=O) groups excluding carboxylic acids is 1. The van der Waals surface area contributed by atoms with Crippen LogP contribution in [0.5, 0.6) is 5.88 Å². The van der Waals surface area contributed by atoms with Crippen LogP contribution in [-0.4, -0.2) is 30.1 Å². The van der Waals surface area contributed by atoms with Crippen molar-refractivity contribution in [2.45, 2.75) is 26.1 Å². The van der Waals surface area contributed by atoms with Crippen molar-refractivity contribution >= 4 is 5.91 Å². The normalized spacial score (nSPS) is 13.1. The third kappa shape index (κ3) is 5.22. The summed E-state index contributed by atoms with van der Waals surface area (Å²) in [6.45, 7) is 3.51. The van der Waals surface area contributed by atoms with Crippen LogP contribution in [0.15, 0.2) is 18.3 Å². The summed E-state index contributed by atoms with van der Waals surface area (Å²) in [7, 11) is 0. The number of amides is 1. The second-order valence-electron chi connectivity index (χ2n) is 4.76. The first-order chi connectivity index (χ1) is 9.73. The molecule has 3 N–H and O–H groups in total. The second kappa shape index (κ2) is 7.26. The molecule has 118 valence electrons. The SMILES string of the molecule is CC(C)[C@H](N)C(=O)NCCOc1ncccc1C(F)(F)F. The van der Waals surface area contributed by atoms with Crippen LogP contribution in [0.1, 0.15) is 19.4 Å². The lowest BCUT2D eigenvalue weighted by Crippen LogP contribution is -2.45. The Bertz CT molecular complexity index is 478. The third-order valence-electron chi connectivity index (χ3n) is 2.74. The zero-order valence-electron chi connectivity index (χ0n) is 11.8. The molecule has 0 fully saturated rings. The van der Waals surface area contributed by atoms with Crippen LogP contribution in [0.3, 0.4) is 0 Å². The van der Waals surface area contributed by atoms with Gasteiger partial charge in [-0.1, -0.05) is 13.8 Å². The van der Waals surface area contributed by atoms with E-state index < -0.39 is 23.7 Å². The summed E-state index contributed by atoms with van der Waals surface area (Å²) >= 11 is 0. The first-order valence-corrected chi connectivity index (χ1v) is 6.41. The fraction of sp³-hybridized carbons (Fsp3) is 0.538. The smallest absolute Gasteiger partial charge is 0.421 e. The average molecular weight is 305 g/mol. The lowest BCUT2D eigenvalue weighted by molar-refractivity contribution is -0.139. The number of nitrogens with one attached hydrogen (secondary N) is 1. The van der Waals surface area contributed by atoms with Crippen molar-refractivity contribution in [1.29, 1.82) is 0 Å². The van der Waals surface area contributed by atoms with Gasteiger partial charge in [-0.2, -0.15) is 13.2 Å². The van der Waals surface area contributed by atoms with E-state index in [2.05, 4.69) is 10.3 Å². The third-order valence-corrected chi connectivity index (χ3v) is 2.74. The number of alkyl halides is 3. The Balaban J connectivity index is 2.49. The van der Waals surface area contributed by atoms with Crippen molar-refractivity contribution < 1.29 is 22.7 Å². The number of ether oxygens (including phenoxy) is 1. The van der Waals surface area contributed by atoms with Crippen LogP contribution in [-0.2, 0) is 11.0 Å². The highest BCUT2D eigenvalue weighted by molar-refractivity contribution is 5.81. The van der Waals surface area contributed by atoms with Crippen LogP contribution >= 0.6 is 0 Å². The maximum atomic E-state index is 12.7. The Morgan fingerprint density at radius 1 is 1.48 bits per heavy atom. The molecule has 5 nitrogen and oxygen atoms in total. The summed E-state index contributed by atoms with van der Waals surface area (Å²) in [5.74, 6) is -0.906. The van der Waals surface area contributed by atoms with E-state index >= 15 is 0 Å². The Hall–Kier alpha value is -1.83. The molecule has 0 radical (unpaired) electrons. The number of pyridine rings is 1. The molecule has 0 saturated heterocycles. The number of nitrogens with zero attached hydrogens (tertiary/aromatic N) is 1. The molecule has 0 bridgehead atoms. The van der Waals surface area contributed by atoms with Crippen molar-refractivity contribution in [2.75, 3.05) is 13.2 Å². The molecular weight excluding hydrogens is 287 g/mol. The van der Waals surface area contributed by atoms with Crippen LogP contribution < -0.4 is 15.8 Å². The van der Waals surface area contributed by atoms with Gasteiger partial charge in [0.25, 0.3) is 0 Å². The summed E-state index contributed by atoms with van der Waals surface area (Å²) in [5, 5.41) is 2.49. The lowest BCUT2D eigenvalue weighted by Gasteiger charge is -2.16. The van der Waals surface area contributed by atoms with E-state index in [0.29, 0.717) is 0 Å². The number of rotatable bonds is 6. The second-order valence-corrected chi connectivity index (χ2v) is 4.76. The predicted octanol–water partition coefficient (Wildman–Crippen LogP) is 1.58. The molecule has 0 saturated carbocycles. The molecule has 0 aliphatic carbocycles. The van der Waals surface area contributed by atoms with Gasteiger partial charge in [0.1, 0.15) is 12.2 Å². The summed E-state index contributed by atoms with van der Waals surface area (Å²) in [5.41, 5.74) is 4.67. The van der Waals surface area contributed by atoms with Crippen molar-refractivity contribution in [2.24, 2.45) is 11.7 Å². The number of nitrogens with two attached hydrogens (primary N) is 1. The van der Waals surface area contributed by atoms with Gasteiger partial charge in [0.05, 0.1) is 12.6 Å². The number of carbonyl (C=O) groups is 1. The Kier molecular flexibility index (Phi) is 5.95. The van der Waals surface area contributed by atoms with Gasteiger partial charge in [0.2, 0.25) is 11.8 Å². The highest BCUT2D eigenvalue weighted by Crippen LogP contribution is 2.34. The van der Waals surface area contributed by atoms with E-state index in [9.17, 15) is 18.0 Å². The van der Waals surface area contributed by atoms with E-state index in [1.807, 2.05) is 0 Å². The topological polar surface area (TPSA) is 77.2 Å². The van der Waals surface area contributed by atoms with Crippen molar-refractivity contribution in [3.8, 4) is 5.88 Å². The van der Waals surface area contributed by atoms with Gasteiger partial charge in [-0.15, -0.1) is 0 Å². The molecule has 1 aromatic heterocycles. The minimum atomic E-state index is -4.53. The summed E-state index contributed by atoms with van der Waals surface area (Å²) < 4.78 is 43.0. The molecular formula is C13H18F3N3O2. The molecule has 1 aromatic rings. The molecule has 1 rings (SSSR count). The van der Waals surface area contributed by atoms with E-state index in [4.69, 9.17) is 10.5 Å². The van der Waals surface area contributed by atoms with Gasteiger partial charge in [0, 0.05) is 6.20 Å². The van der Waals surface area contributed by atoms with Crippen molar-refractivity contribution in [3.63, 3.8) is 0 Å². The molecule has 0 unspecified atom stereocenters. The van der Waals surface area contributed by atoms with Crippen LogP contribution in [0.25, 0.3) is 0 Å². The van der Waals surface area contributed by atoms with E-state index in [1.165, 1.54) is 12.3 Å². The zero-order chi connectivity index (χ0) is 16.0.